The number of rotatable bonds is 5. The monoisotopic (exact) mass is 363 g/mol. The van der Waals surface area contributed by atoms with Gasteiger partial charge in [-0.05, 0) is 36.6 Å². The predicted molar refractivity (Wildman–Crippen MR) is 101 cm³/mol. The normalized spacial score (nSPS) is 16.9. The number of nitrogens with one attached hydrogen (secondary N) is 1. The predicted octanol–water partition coefficient (Wildman–Crippen LogP) is 1.97. The first-order valence-electron chi connectivity index (χ1n) is 9.02. The van der Waals surface area contributed by atoms with Gasteiger partial charge in [-0.2, -0.15) is 5.10 Å². The third-order valence-corrected chi connectivity index (χ3v) is 4.66. The number of hydrogen-bond acceptors (Lipinski definition) is 6. The average Bonchev–Trinajstić information content (AvgIpc) is 3.23. The van der Waals surface area contributed by atoms with Gasteiger partial charge in [-0.15, -0.1) is 0 Å². The van der Waals surface area contributed by atoms with Crippen LogP contribution >= 0.6 is 0 Å². The SMILES string of the molecule is O=C(Nc1ccc(Cn2cncn2)cc1)[C@@H]1CCCN(c2ncccn2)C1. The van der Waals surface area contributed by atoms with Crippen LogP contribution in [0.3, 0.4) is 0 Å². The van der Waals surface area contributed by atoms with Crippen molar-refractivity contribution in [3.05, 3.63) is 60.9 Å². The molecule has 1 fully saturated rings. The van der Waals surface area contributed by atoms with Crippen molar-refractivity contribution in [2.24, 2.45) is 5.92 Å². The molecule has 3 heterocycles. The van der Waals surface area contributed by atoms with E-state index in [1.54, 1.807) is 29.5 Å². The van der Waals surface area contributed by atoms with Crippen molar-refractivity contribution in [1.29, 1.82) is 0 Å². The van der Waals surface area contributed by atoms with Crippen LogP contribution in [0.5, 0.6) is 0 Å². The molecule has 0 radical (unpaired) electrons. The first-order chi connectivity index (χ1) is 13.3. The van der Waals surface area contributed by atoms with Crippen molar-refractivity contribution < 1.29 is 4.79 Å². The molecule has 1 N–H and O–H groups in total. The summed E-state index contributed by atoms with van der Waals surface area (Å²) in [6.45, 7) is 2.17. The fourth-order valence-corrected chi connectivity index (χ4v) is 3.27. The van der Waals surface area contributed by atoms with E-state index in [2.05, 4.69) is 30.3 Å². The minimum Gasteiger partial charge on any atom is -0.340 e. The van der Waals surface area contributed by atoms with E-state index in [9.17, 15) is 4.79 Å². The van der Waals surface area contributed by atoms with E-state index in [0.717, 1.165) is 30.6 Å². The Morgan fingerprint density at radius 1 is 1.19 bits per heavy atom. The lowest BCUT2D eigenvalue weighted by atomic mass is 9.97. The van der Waals surface area contributed by atoms with Gasteiger partial charge in [0.2, 0.25) is 11.9 Å². The van der Waals surface area contributed by atoms with E-state index in [0.29, 0.717) is 19.0 Å². The summed E-state index contributed by atoms with van der Waals surface area (Å²) in [5.41, 5.74) is 1.90. The fourth-order valence-electron chi connectivity index (χ4n) is 3.27. The number of carbonyl (C=O) groups is 1. The highest BCUT2D eigenvalue weighted by Crippen LogP contribution is 2.21. The molecular weight excluding hydrogens is 342 g/mol. The standard InChI is InChI=1S/C19H21N7O/c27-18(16-3-1-10-25(12-16)19-21-8-2-9-22-19)24-17-6-4-15(5-7-17)11-26-14-20-13-23-26/h2,4-9,13-14,16H,1,3,10-12H2,(H,24,27)/t16-/m1/s1. The van der Waals surface area contributed by atoms with Crippen molar-refractivity contribution in [2.45, 2.75) is 19.4 Å². The Bertz CT molecular complexity index is 865. The van der Waals surface area contributed by atoms with E-state index < -0.39 is 0 Å². The Morgan fingerprint density at radius 3 is 2.74 bits per heavy atom. The molecule has 1 amide bonds. The van der Waals surface area contributed by atoms with Crippen LogP contribution < -0.4 is 10.2 Å². The second kappa shape index (κ2) is 7.94. The lowest BCUT2D eigenvalue weighted by Gasteiger charge is -2.31. The quantitative estimate of drug-likeness (QED) is 0.746. The van der Waals surface area contributed by atoms with E-state index in [-0.39, 0.29) is 11.8 Å². The average molecular weight is 363 g/mol. The molecule has 4 rings (SSSR count). The zero-order chi connectivity index (χ0) is 18.5. The largest absolute Gasteiger partial charge is 0.340 e. The summed E-state index contributed by atoms with van der Waals surface area (Å²) in [6, 6.07) is 9.62. The summed E-state index contributed by atoms with van der Waals surface area (Å²) in [4.78, 5) is 27.3. The minimum absolute atomic E-state index is 0.0413. The molecule has 1 aromatic carbocycles. The molecule has 0 saturated carbocycles. The fraction of sp³-hybridized carbons (Fsp3) is 0.316. The Hall–Kier alpha value is -3.29. The van der Waals surface area contributed by atoms with Gasteiger partial charge in [-0.25, -0.2) is 19.6 Å². The van der Waals surface area contributed by atoms with Gasteiger partial charge in [0, 0.05) is 31.2 Å². The summed E-state index contributed by atoms with van der Waals surface area (Å²) in [6.07, 6.45) is 8.48. The van der Waals surface area contributed by atoms with Crippen LogP contribution in [0.15, 0.2) is 55.4 Å². The Morgan fingerprint density at radius 2 is 2.00 bits per heavy atom. The first kappa shape index (κ1) is 17.1. The molecule has 1 atom stereocenters. The number of hydrogen-bond donors (Lipinski definition) is 1. The Kier molecular flexibility index (Phi) is 5.04. The van der Waals surface area contributed by atoms with E-state index in [1.165, 1.54) is 6.33 Å². The molecule has 1 saturated heterocycles. The molecule has 138 valence electrons. The number of piperidine rings is 1. The smallest absolute Gasteiger partial charge is 0.229 e. The maximum absolute atomic E-state index is 12.7. The van der Waals surface area contributed by atoms with Crippen molar-refractivity contribution in [3.8, 4) is 0 Å². The van der Waals surface area contributed by atoms with Crippen LogP contribution in [-0.4, -0.2) is 43.7 Å². The summed E-state index contributed by atoms with van der Waals surface area (Å²) < 4.78 is 1.76. The first-order valence-corrected chi connectivity index (χ1v) is 9.02. The Labute approximate surface area is 157 Å². The molecule has 0 bridgehead atoms. The second-order valence-corrected chi connectivity index (χ2v) is 6.61. The zero-order valence-corrected chi connectivity index (χ0v) is 14.9. The topological polar surface area (TPSA) is 88.8 Å². The van der Waals surface area contributed by atoms with Gasteiger partial charge >= 0.3 is 0 Å². The van der Waals surface area contributed by atoms with Gasteiger partial charge in [-0.3, -0.25) is 4.79 Å². The van der Waals surface area contributed by atoms with Crippen LogP contribution in [-0.2, 0) is 11.3 Å². The molecule has 0 aliphatic carbocycles. The zero-order valence-electron chi connectivity index (χ0n) is 14.9. The van der Waals surface area contributed by atoms with Gasteiger partial charge in [0.1, 0.15) is 12.7 Å². The third-order valence-electron chi connectivity index (χ3n) is 4.66. The van der Waals surface area contributed by atoms with Crippen LogP contribution in [0.1, 0.15) is 18.4 Å². The highest BCUT2D eigenvalue weighted by atomic mass is 16.1. The summed E-state index contributed by atoms with van der Waals surface area (Å²) in [7, 11) is 0. The lowest BCUT2D eigenvalue weighted by Crippen LogP contribution is -2.41. The van der Waals surface area contributed by atoms with Crippen LogP contribution in [0.25, 0.3) is 0 Å². The highest BCUT2D eigenvalue weighted by Gasteiger charge is 2.27. The number of aromatic nitrogens is 5. The van der Waals surface area contributed by atoms with Crippen molar-refractivity contribution in [1.82, 2.24) is 24.7 Å². The maximum atomic E-state index is 12.7. The minimum atomic E-state index is -0.0719. The number of anilines is 2. The highest BCUT2D eigenvalue weighted by molar-refractivity contribution is 5.93. The molecule has 0 spiro atoms. The van der Waals surface area contributed by atoms with Gasteiger partial charge in [0.25, 0.3) is 0 Å². The van der Waals surface area contributed by atoms with E-state index >= 15 is 0 Å². The van der Waals surface area contributed by atoms with E-state index in [4.69, 9.17) is 0 Å². The number of benzene rings is 1. The maximum Gasteiger partial charge on any atom is 0.229 e. The van der Waals surface area contributed by atoms with Gasteiger partial charge < -0.3 is 10.2 Å². The molecule has 3 aromatic rings. The lowest BCUT2D eigenvalue weighted by molar-refractivity contribution is -0.120. The molecule has 1 aliphatic rings. The van der Waals surface area contributed by atoms with Gasteiger partial charge in [0.15, 0.2) is 0 Å². The molecule has 27 heavy (non-hydrogen) atoms. The number of carbonyl (C=O) groups excluding carboxylic acids is 1. The molecule has 8 heteroatoms. The van der Waals surface area contributed by atoms with Crippen molar-refractivity contribution in [3.63, 3.8) is 0 Å². The summed E-state index contributed by atoms with van der Waals surface area (Å²) in [5, 5.41) is 7.13. The van der Waals surface area contributed by atoms with Crippen LogP contribution in [0, 0.1) is 5.92 Å². The molecule has 1 aliphatic heterocycles. The third kappa shape index (κ3) is 4.28. The van der Waals surface area contributed by atoms with Crippen LogP contribution in [0.4, 0.5) is 11.6 Å². The molecule has 8 nitrogen and oxygen atoms in total. The summed E-state index contributed by atoms with van der Waals surface area (Å²) >= 11 is 0. The van der Waals surface area contributed by atoms with Crippen molar-refractivity contribution in [2.75, 3.05) is 23.3 Å². The van der Waals surface area contributed by atoms with Crippen LogP contribution in [0.2, 0.25) is 0 Å². The Balaban J connectivity index is 1.35. The van der Waals surface area contributed by atoms with E-state index in [1.807, 2.05) is 24.3 Å². The number of amides is 1. The van der Waals surface area contributed by atoms with Gasteiger partial charge in [0.05, 0.1) is 12.5 Å². The number of nitrogens with zero attached hydrogens (tertiary/aromatic N) is 6. The second-order valence-electron chi connectivity index (χ2n) is 6.61. The molecular formula is C19H21N7O. The van der Waals surface area contributed by atoms with Gasteiger partial charge in [-0.1, -0.05) is 12.1 Å². The molecule has 0 unspecified atom stereocenters. The van der Waals surface area contributed by atoms with Crippen molar-refractivity contribution >= 4 is 17.5 Å². The molecule has 2 aromatic heterocycles. The summed E-state index contributed by atoms with van der Waals surface area (Å²) in [5.74, 6) is 0.657.